The van der Waals surface area contributed by atoms with Crippen molar-refractivity contribution in [3.63, 3.8) is 0 Å². The third-order valence-corrected chi connectivity index (χ3v) is 2.49. The molecular weight excluding hydrogens is 214 g/mol. The zero-order valence-corrected chi connectivity index (χ0v) is 9.94. The van der Waals surface area contributed by atoms with E-state index in [1.54, 1.807) is 25.3 Å². The van der Waals surface area contributed by atoms with Gasteiger partial charge < -0.3 is 11.5 Å². The van der Waals surface area contributed by atoms with Gasteiger partial charge in [0.05, 0.1) is 5.70 Å². The molecule has 1 amide bonds. The number of hydrogen-bond donors (Lipinski definition) is 2. The third-order valence-electron chi connectivity index (χ3n) is 2.49. The molecule has 4 N–H and O–H groups in total. The van der Waals surface area contributed by atoms with Gasteiger partial charge in [0.15, 0.2) is 0 Å². The fraction of sp³-hybridized carbons (Fsp3) is 0.231. The van der Waals surface area contributed by atoms with Crippen molar-refractivity contribution >= 4 is 12.1 Å². The van der Waals surface area contributed by atoms with E-state index in [4.69, 9.17) is 11.5 Å². The molecule has 0 unspecified atom stereocenters. The zero-order valence-electron chi connectivity index (χ0n) is 9.94. The van der Waals surface area contributed by atoms with Crippen molar-refractivity contribution in [2.24, 2.45) is 16.5 Å². The summed E-state index contributed by atoms with van der Waals surface area (Å²) >= 11 is 0. The third kappa shape index (κ3) is 3.75. The molecule has 0 aromatic heterocycles. The molecule has 1 heterocycles. The van der Waals surface area contributed by atoms with Crippen molar-refractivity contribution in [2.45, 2.75) is 13.3 Å². The van der Waals surface area contributed by atoms with E-state index in [0.29, 0.717) is 11.3 Å². The molecule has 0 bridgehead atoms. The van der Waals surface area contributed by atoms with E-state index in [0.717, 1.165) is 24.1 Å². The molecule has 0 radical (unpaired) electrons. The number of amides is 1. The lowest BCUT2D eigenvalue weighted by atomic mass is 10.00. The standard InChI is InChI=1S/C13H17N3O/c1-9(4-3-5-10(2)13(15)17)11-6-7-16-8-12(11)14/h3-5,8H,1,6-7,14H2,2H3,(H2,15,17)/b4-3-,10-5+. The summed E-state index contributed by atoms with van der Waals surface area (Å²) in [6.45, 7) is 6.34. The summed E-state index contributed by atoms with van der Waals surface area (Å²) in [4.78, 5) is 14.9. The van der Waals surface area contributed by atoms with Crippen molar-refractivity contribution in [2.75, 3.05) is 6.54 Å². The average Bonchev–Trinajstić information content (AvgIpc) is 2.29. The Morgan fingerprint density at radius 1 is 1.59 bits per heavy atom. The summed E-state index contributed by atoms with van der Waals surface area (Å²) in [6.07, 6.45) is 7.66. The predicted octanol–water partition coefficient (Wildman–Crippen LogP) is 1.22. The maximum atomic E-state index is 10.8. The van der Waals surface area contributed by atoms with Gasteiger partial charge in [0.2, 0.25) is 5.91 Å². The van der Waals surface area contributed by atoms with Gasteiger partial charge >= 0.3 is 0 Å². The Bertz CT molecular complexity index is 453. The van der Waals surface area contributed by atoms with E-state index in [1.807, 2.05) is 6.08 Å². The molecule has 0 aliphatic carbocycles. The average molecular weight is 231 g/mol. The van der Waals surface area contributed by atoms with E-state index >= 15 is 0 Å². The summed E-state index contributed by atoms with van der Waals surface area (Å²) < 4.78 is 0. The van der Waals surface area contributed by atoms with Gasteiger partial charge in [0.1, 0.15) is 0 Å². The Labute approximate surface area is 101 Å². The first-order valence-electron chi connectivity index (χ1n) is 5.35. The van der Waals surface area contributed by atoms with Crippen LogP contribution in [0.4, 0.5) is 0 Å². The van der Waals surface area contributed by atoms with Crippen LogP contribution in [-0.4, -0.2) is 18.7 Å². The Balaban J connectivity index is 2.73. The van der Waals surface area contributed by atoms with Crippen LogP contribution in [0.3, 0.4) is 0 Å². The summed E-state index contributed by atoms with van der Waals surface area (Å²) in [5.74, 6) is -0.427. The fourth-order valence-electron chi connectivity index (χ4n) is 1.40. The first kappa shape index (κ1) is 13.0. The molecule has 4 nitrogen and oxygen atoms in total. The number of carbonyl (C=O) groups excluding carboxylic acids is 1. The van der Waals surface area contributed by atoms with Crippen molar-refractivity contribution in [1.29, 1.82) is 0 Å². The highest BCUT2D eigenvalue weighted by atomic mass is 16.1. The highest BCUT2D eigenvalue weighted by Gasteiger charge is 2.07. The number of dihydropyridines is 1. The van der Waals surface area contributed by atoms with Gasteiger partial charge in [-0.15, -0.1) is 0 Å². The molecule has 4 heteroatoms. The van der Waals surface area contributed by atoms with E-state index in [2.05, 4.69) is 11.6 Å². The van der Waals surface area contributed by atoms with Crippen molar-refractivity contribution in [3.8, 4) is 0 Å². The van der Waals surface area contributed by atoms with E-state index < -0.39 is 5.91 Å². The Morgan fingerprint density at radius 2 is 2.29 bits per heavy atom. The summed E-state index contributed by atoms with van der Waals surface area (Å²) in [5, 5.41) is 0. The Morgan fingerprint density at radius 3 is 2.88 bits per heavy atom. The molecule has 0 saturated heterocycles. The van der Waals surface area contributed by atoms with Crippen molar-refractivity contribution in [1.82, 2.24) is 0 Å². The maximum Gasteiger partial charge on any atom is 0.244 e. The predicted molar refractivity (Wildman–Crippen MR) is 70.4 cm³/mol. The normalized spacial score (nSPS) is 16.6. The molecule has 90 valence electrons. The molecule has 0 aromatic carbocycles. The number of carbonyl (C=O) groups is 1. The second-order valence-electron chi connectivity index (χ2n) is 3.82. The number of hydrogen-bond acceptors (Lipinski definition) is 3. The van der Waals surface area contributed by atoms with Gasteiger partial charge in [0, 0.05) is 18.3 Å². The summed E-state index contributed by atoms with van der Waals surface area (Å²) in [6, 6.07) is 0. The number of primary amides is 1. The van der Waals surface area contributed by atoms with Crippen LogP contribution < -0.4 is 11.5 Å². The number of nitrogens with two attached hydrogens (primary N) is 2. The lowest BCUT2D eigenvalue weighted by Crippen LogP contribution is -2.11. The molecule has 0 fully saturated rings. The fourth-order valence-corrected chi connectivity index (χ4v) is 1.40. The molecule has 1 aliphatic rings. The minimum atomic E-state index is -0.427. The van der Waals surface area contributed by atoms with Crippen LogP contribution in [0.5, 0.6) is 0 Å². The Kier molecular flexibility index (Phi) is 4.46. The van der Waals surface area contributed by atoms with Crippen LogP contribution in [-0.2, 0) is 4.79 Å². The minimum Gasteiger partial charge on any atom is -0.397 e. The molecule has 0 aromatic rings. The van der Waals surface area contributed by atoms with E-state index in [9.17, 15) is 4.79 Å². The van der Waals surface area contributed by atoms with Gasteiger partial charge in [-0.25, -0.2) is 0 Å². The first-order valence-corrected chi connectivity index (χ1v) is 5.35. The maximum absolute atomic E-state index is 10.8. The molecule has 1 rings (SSSR count). The van der Waals surface area contributed by atoms with Gasteiger partial charge in [0.25, 0.3) is 0 Å². The van der Waals surface area contributed by atoms with Crippen LogP contribution in [0, 0.1) is 0 Å². The molecule has 0 spiro atoms. The van der Waals surface area contributed by atoms with Crippen LogP contribution in [0.25, 0.3) is 0 Å². The van der Waals surface area contributed by atoms with E-state index in [-0.39, 0.29) is 0 Å². The smallest absolute Gasteiger partial charge is 0.244 e. The highest BCUT2D eigenvalue weighted by molar-refractivity contribution is 5.91. The first-order chi connectivity index (χ1) is 8.02. The van der Waals surface area contributed by atoms with E-state index in [1.165, 1.54) is 0 Å². The van der Waals surface area contributed by atoms with Gasteiger partial charge in [-0.3, -0.25) is 9.79 Å². The SMILES string of the molecule is C=C(/C=C\C=C(/C)C(N)=O)C1=C(N)C=NCC1. The second kappa shape index (κ2) is 5.84. The molecule has 17 heavy (non-hydrogen) atoms. The summed E-state index contributed by atoms with van der Waals surface area (Å²) in [7, 11) is 0. The lowest BCUT2D eigenvalue weighted by Gasteiger charge is -2.12. The summed E-state index contributed by atoms with van der Waals surface area (Å²) in [5.41, 5.74) is 13.9. The van der Waals surface area contributed by atoms with Gasteiger partial charge in [-0.05, 0) is 24.5 Å². The molecule has 0 atom stereocenters. The highest BCUT2D eigenvalue weighted by Crippen LogP contribution is 2.18. The number of rotatable bonds is 4. The van der Waals surface area contributed by atoms with Crippen LogP contribution in [0.2, 0.25) is 0 Å². The number of aliphatic imine (C=N–C) groups is 1. The van der Waals surface area contributed by atoms with Gasteiger partial charge in [-0.1, -0.05) is 24.8 Å². The number of allylic oxidation sites excluding steroid dienone is 5. The van der Waals surface area contributed by atoms with Crippen molar-refractivity contribution < 1.29 is 4.79 Å². The van der Waals surface area contributed by atoms with Gasteiger partial charge in [-0.2, -0.15) is 0 Å². The monoisotopic (exact) mass is 231 g/mol. The quantitative estimate of drug-likeness (QED) is 0.563. The Hall–Kier alpha value is -2.10. The topological polar surface area (TPSA) is 81.5 Å². The largest absolute Gasteiger partial charge is 0.397 e. The molecule has 0 saturated carbocycles. The second-order valence-corrected chi connectivity index (χ2v) is 3.82. The lowest BCUT2D eigenvalue weighted by molar-refractivity contribution is -0.114. The minimum absolute atomic E-state index is 0.427. The van der Waals surface area contributed by atoms with Crippen LogP contribution in [0.1, 0.15) is 13.3 Å². The zero-order chi connectivity index (χ0) is 12.8. The van der Waals surface area contributed by atoms with Crippen LogP contribution >= 0.6 is 0 Å². The van der Waals surface area contributed by atoms with Crippen molar-refractivity contribution in [3.05, 3.63) is 47.2 Å². The molecular formula is C13H17N3O. The van der Waals surface area contributed by atoms with Crippen LogP contribution in [0.15, 0.2) is 52.2 Å². The molecule has 1 aliphatic heterocycles. The number of nitrogens with zero attached hydrogens (tertiary/aromatic N) is 1.